The van der Waals surface area contributed by atoms with Crippen LogP contribution in [-0.2, 0) is 0 Å². The highest BCUT2D eigenvalue weighted by Gasteiger charge is 2.29. The summed E-state index contributed by atoms with van der Waals surface area (Å²) in [5.74, 6) is 0. The van der Waals surface area contributed by atoms with Crippen molar-refractivity contribution in [2.24, 2.45) is 0 Å². The Kier molecular flexibility index (Phi) is 3.36. The minimum Gasteiger partial charge on any atom is -0.388 e. The van der Waals surface area contributed by atoms with Crippen LogP contribution in [0, 0.1) is 0 Å². The molecule has 0 aliphatic carbocycles. The number of nitrogens with zero attached hydrogens (tertiary/aromatic N) is 2. The molecule has 1 aromatic heterocycles. The summed E-state index contributed by atoms with van der Waals surface area (Å²) in [5.41, 5.74) is 4.54. The van der Waals surface area contributed by atoms with Crippen molar-refractivity contribution in [3.63, 3.8) is 0 Å². The molecule has 1 aliphatic rings. The number of hydrogen-bond donors (Lipinski definition) is 1. The van der Waals surface area contributed by atoms with Gasteiger partial charge in [-0.3, -0.25) is 0 Å². The average molecular weight is 355 g/mol. The van der Waals surface area contributed by atoms with E-state index in [2.05, 4.69) is 43.7 Å². The van der Waals surface area contributed by atoms with Gasteiger partial charge in [0.15, 0.2) is 0 Å². The van der Waals surface area contributed by atoms with Crippen LogP contribution in [0.15, 0.2) is 65.5 Å². The van der Waals surface area contributed by atoms with E-state index in [9.17, 15) is 5.11 Å². The maximum absolute atomic E-state index is 10.6. The van der Waals surface area contributed by atoms with Crippen LogP contribution in [0.25, 0.3) is 11.3 Å². The Morgan fingerprint density at radius 2 is 1.91 bits per heavy atom. The van der Waals surface area contributed by atoms with Crippen molar-refractivity contribution >= 4 is 15.9 Å². The second-order valence-corrected chi connectivity index (χ2v) is 6.51. The number of aromatic nitrogens is 2. The Labute approximate surface area is 137 Å². The quantitative estimate of drug-likeness (QED) is 0.759. The van der Waals surface area contributed by atoms with Gasteiger partial charge in [0.25, 0.3) is 0 Å². The fraction of sp³-hybridized carbons (Fsp3) is 0.167. The van der Waals surface area contributed by atoms with Crippen molar-refractivity contribution in [3.05, 3.63) is 76.7 Å². The van der Waals surface area contributed by atoms with Gasteiger partial charge in [0.2, 0.25) is 0 Å². The summed E-state index contributed by atoms with van der Waals surface area (Å²) < 4.78 is 3.18. The van der Waals surface area contributed by atoms with Crippen LogP contribution in [0.2, 0.25) is 0 Å². The fourth-order valence-electron chi connectivity index (χ4n) is 3.21. The predicted octanol–water partition coefficient (Wildman–Crippen LogP) is 4.34. The highest BCUT2D eigenvalue weighted by molar-refractivity contribution is 9.10. The second-order valence-electron chi connectivity index (χ2n) is 5.59. The number of benzene rings is 2. The Balaban J connectivity index is 1.67. The normalized spacial score (nSPS) is 17.1. The molecule has 0 radical (unpaired) electrons. The number of halogens is 1. The van der Waals surface area contributed by atoms with E-state index in [1.54, 1.807) is 0 Å². The molecule has 3 aromatic rings. The molecule has 4 rings (SSSR count). The molecule has 0 saturated heterocycles. The first-order valence-electron chi connectivity index (χ1n) is 7.28. The van der Waals surface area contributed by atoms with E-state index in [0.717, 1.165) is 15.7 Å². The van der Waals surface area contributed by atoms with Gasteiger partial charge in [-0.2, -0.15) is 0 Å². The molecule has 0 saturated carbocycles. The Morgan fingerprint density at radius 1 is 1.14 bits per heavy atom. The molecule has 0 amide bonds. The van der Waals surface area contributed by atoms with Crippen LogP contribution in [0.3, 0.4) is 0 Å². The van der Waals surface area contributed by atoms with Gasteiger partial charge in [0.1, 0.15) is 0 Å². The highest BCUT2D eigenvalue weighted by atomic mass is 79.9. The molecule has 2 aromatic carbocycles. The standard InChI is InChI=1S/C18H15BrN2O/c19-13-7-5-12(6-8-13)18(22)9-16-14-3-1-2-4-15(14)17-10-20-11-21(16)17/h1-8,10-11,16,18,22H,9H2. The summed E-state index contributed by atoms with van der Waals surface area (Å²) in [4.78, 5) is 4.26. The molecule has 2 atom stereocenters. The topological polar surface area (TPSA) is 38.1 Å². The van der Waals surface area contributed by atoms with E-state index in [1.165, 1.54) is 11.1 Å². The van der Waals surface area contributed by atoms with E-state index in [4.69, 9.17) is 0 Å². The zero-order valence-electron chi connectivity index (χ0n) is 11.9. The molecule has 2 heterocycles. The minimum atomic E-state index is -0.500. The van der Waals surface area contributed by atoms with Crippen LogP contribution in [0.4, 0.5) is 0 Å². The molecule has 110 valence electrons. The minimum absolute atomic E-state index is 0.132. The molecule has 3 nitrogen and oxygen atoms in total. The first-order valence-corrected chi connectivity index (χ1v) is 8.08. The molecule has 1 aliphatic heterocycles. The van der Waals surface area contributed by atoms with Crippen molar-refractivity contribution < 1.29 is 5.11 Å². The molecule has 1 N–H and O–H groups in total. The SMILES string of the molecule is OC(CC1c2ccccc2-c2cncn21)c1ccc(Br)cc1. The van der Waals surface area contributed by atoms with Crippen molar-refractivity contribution in [2.45, 2.75) is 18.6 Å². The largest absolute Gasteiger partial charge is 0.388 e. The van der Waals surface area contributed by atoms with Crippen molar-refractivity contribution in [1.82, 2.24) is 9.55 Å². The molecular weight excluding hydrogens is 340 g/mol. The summed E-state index contributed by atoms with van der Waals surface area (Å²) in [7, 11) is 0. The van der Waals surface area contributed by atoms with Gasteiger partial charge in [-0.15, -0.1) is 0 Å². The first kappa shape index (κ1) is 13.7. The smallest absolute Gasteiger partial charge is 0.0956 e. The van der Waals surface area contributed by atoms with Crippen molar-refractivity contribution in [2.75, 3.05) is 0 Å². The fourth-order valence-corrected chi connectivity index (χ4v) is 3.47. The van der Waals surface area contributed by atoms with Crippen molar-refractivity contribution in [3.8, 4) is 11.3 Å². The zero-order valence-corrected chi connectivity index (χ0v) is 13.4. The first-order chi connectivity index (χ1) is 10.7. The van der Waals surface area contributed by atoms with Gasteiger partial charge in [0, 0.05) is 16.5 Å². The number of imidazole rings is 1. The van der Waals surface area contributed by atoms with Crippen LogP contribution in [0.1, 0.15) is 29.7 Å². The van der Waals surface area contributed by atoms with Crippen LogP contribution in [0.5, 0.6) is 0 Å². The van der Waals surface area contributed by atoms with Crippen LogP contribution < -0.4 is 0 Å². The van der Waals surface area contributed by atoms with Gasteiger partial charge in [0.05, 0.1) is 30.4 Å². The predicted molar refractivity (Wildman–Crippen MR) is 89.5 cm³/mol. The van der Waals surface area contributed by atoms with Gasteiger partial charge in [-0.05, 0) is 23.3 Å². The number of fused-ring (bicyclic) bond motifs is 3. The monoisotopic (exact) mass is 354 g/mol. The van der Waals surface area contributed by atoms with E-state index in [1.807, 2.05) is 42.9 Å². The van der Waals surface area contributed by atoms with Gasteiger partial charge < -0.3 is 9.67 Å². The molecule has 0 fully saturated rings. The molecule has 0 bridgehead atoms. The Bertz CT molecular complexity index is 810. The Hall–Kier alpha value is -1.91. The summed E-state index contributed by atoms with van der Waals surface area (Å²) in [6.07, 6.45) is 3.89. The number of hydrogen-bond acceptors (Lipinski definition) is 2. The molecule has 4 heteroatoms. The van der Waals surface area contributed by atoms with E-state index >= 15 is 0 Å². The average Bonchev–Trinajstić information content (AvgIpc) is 3.11. The third kappa shape index (κ3) is 2.19. The van der Waals surface area contributed by atoms with Crippen LogP contribution in [-0.4, -0.2) is 14.7 Å². The maximum Gasteiger partial charge on any atom is 0.0956 e. The third-order valence-corrected chi connectivity index (χ3v) is 4.83. The highest BCUT2D eigenvalue weighted by Crippen LogP contribution is 2.42. The maximum atomic E-state index is 10.6. The lowest BCUT2D eigenvalue weighted by Gasteiger charge is -2.19. The summed E-state index contributed by atoms with van der Waals surface area (Å²) in [6.45, 7) is 0. The molecule has 2 unspecified atom stereocenters. The summed E-state index contributed by atoms with van der Waals surface area (Å²) in [6, 6.07) is 16.3. The summed E-state index contributed by atoms with van der Waals surface area (Å²) >= 11 is 3.43. The van der Waals surface area contributed by atoms with Gasteiger partial charge in [-0.25, -0.2) is 4.98 Å². The molecule has 0 spiro atoms. The zero-order chi connectivity index (χ0) is 15.1. The number of rotatable bonds is 3. The third-order valence-electron chi connectivity index (χ3n) is 4.30. The van der Waals surface area contributed by atoms with Gasteiger partial charge >= 0.3 is 0 Å². The lowest BCUT2D eigenvalue weighted by Crippen LogP contribution is -2.10. The molecule has 22 heavy (non-hydrogen) atoms. The Morgan fingerprint density at radius 3 is 2.73 bits per heavy atom. The van der Waals surface area contributed by atoms with E-state index in [-0.39, 0.29) is 6.04 Å². The summed E-state index contributed by atoms with van der Waals surface area (Å²) in [5, 5.41) is 10.6. The lowest BCUT2D eigenvalue weighted by atomic mass is 9.96. The lowest BCUT2D eigenvalue weighted by molar-refractivity contribution is 0.154. The number of aliphatic hydroxyl groups is 1. The second kappa shape index (κ2) is 5.38. The molecular formula is C18H15BrN2O. The van der Waals surface area contributed by atoms with Gasteiger partial charge in [-0.1, -0.05) is 52.3 Å². The van der Waals surface area contributed by atoms with Crippen LogP contribution >= 0.6 is 15.9 Å². The van der Waals surface area contributed by atoms with E-state index in [0.29, 0.717) is 6.42 Å². The number of aliphatic hydroxyl groups excluding tert-OH is 1. The van der Waals surface area contributed by atoms with E-state index < -0.39 is 6.10 Å². The van der Waals surface area contributed by atoms with Crippen molar-refractivity contribution in [1.29, 1.82) is 0 Å².